The molecule has 2 rings (SSSR count). The van der Waals surface area contributed by atoms with E-state index in [4.69, 9.17) is 4.74 Å². The van der Waals surface area contributed by atoms with E-state index in [1.54, 1.807) is 13.2 Å². The second kappa shape index (κ2) is 6.87. The van der Waals surface area contributed by atoms with Crippen molar-refractivity contribution in [1.29, 1.82) is 0 Å². The van der Waals surface area contributed by atoms with Gasteiger partial charge < -0.3 is 10.1 Å². The molecule has 0 aliphatic carbocycles. The van der Waals surface area contributed by atoms with Crippen molar-refractivity contribution in [3.05, 3.63) is 65.2 Å². The molecular weight excluding hydrogens is 250 g/mol. The highest BCUT2D eigenvalue weighted by Crippen LogP contribution is 2.19. The van der Waals surface area contributed by atoms with Crippen LogP contribution in [0.25, 0.3) is 0 Å². The van der Waals surface area contributed by atoms with E-state index in [0.29, 0.717) is 11.3 Å². The average Bonchev–Trinajstić information content (AvgIpc) is 2.52. The first-order chi connectivity index (χ1) is 9.76. The third-order valence-corrected chi connectivity index (χ3v) is 3.24. The summed E-state index contributed by atoms with van der Waals surface area (Å²) in [5.41, 5.74) is 2.48. The lowest BCUT2D eigenvalue weighted by Gasteiger charge is -2.09. The highest BCUT2D eigenvalue weighted by Gasteiger charge is 2.13. The molecule has 0 saturated heterocycles. The number of likely N-dealkylation sites (N-methyl/N-ethyl adjacent to an activating group) is 1. The molecule has 0 bridgehead atoms. The molecule has 0 aliphatic heterocycles. The summed E-state index contributed by atoms with van der Waals surface area (Å²) in [7, 11) is 3.51. The van der Waals surface area contributed by atoms with E-state index in [0.717, 1.165) is 24.1 Å². The number of methoxy groups -OCH3 is 1. The van der Waals surface area contributed by atoms with E-state index in [1.165, 1.54) is 0 Å². The molecule has 0 aliphatic rings. The summed E-state index contributed by atoms with van der Waals surface area (Å²) in [6.07, 6.45) is 0.836. The van der Waals surface area contributed by atoms with E-state index < -0.39 is 0 Å². The molecule has 1 N–H and O–H groups in total. The van der Waals surface area contributed by atoms with Crippen LogP contribution in [0, 0.1) is 0 Å². The summed E-state index contributed by atoms with van der Waals surface area (Å²) >= 11 is 0. The Bertz CT molecular complexity index is 593. The Hall–Kier alpha value is -2.13. The van der Waals surface area contributed by atoms with Gasteiger partial charge in [0.15, 0.2) is 5.78 Å². The number of ketones is 1. The lowest BCUT2D eigenvalue weighted by molar-refractivity contribution is 0.103. The fraction of sp³-hybridized carbons (Fsp3) is 0.235. The molecule has 0 atom stereocenters. The Morgan fingerprint density at radius 3 is 2.70 bits per heavy atom. The van der Waals surface area contributed by atoms with Crippen molar-refractivity contribution in [2.45, 2.75) is 6.42 Å². The van der Waals surface area contributed by atoms with Crippen LogP contribution in [0.1, 0.15) is 21.5 Å². The number of benzene rings is 2. The first kappa shape index (κ1) is 14.3. The van der Waals surface area contributed by atoms with Crippen molar-refractivity contribution in [3.63, 3.8) is 0 Å². The van der Waals surface area contributed by atoms with Crippen LogP contribution in [0.2, 0.25) is 0 Å². The highest BCUT2D eigenvalue weighted by molar-refractivity contribution is 6.10. The number of hydrogen-bond acceptors (Lipinski definition) is 3. The van der Waals surface area contributed by atoms with E-state index in [2.05, 4.69) is 5.32 Å². The van der Waals surface area contributed by atoms with Gasteiger partial charge in [-0.05, 0) is 37.7 Å². The maximum absolute atomic E-state index is 12.6. The predicted molar refractivity (Wildman–Crippen MR) is 80.5 cm³/mol. The summed E-state index contributed by atoms with van der Waals surface area (Å²) in [6.45, 7) is 0.850. The molecule has 0 aromatic heterocycles. The van der Waals surface area contributed by atoms with Gasteiger partial charge in [-0.3, -0.25) is 4.79 Å². The van der Waals surface area contributed by atoms with E-state index >= 15 is 0 Å². The van der Waals surface area contributed by atoms with Crippen molar-refractivity contribution in [2.24, 2.45) is 0 Å². The molecule has 0 amide bonds. The Labute approximate surface area is 119 Å². The van der Waals surface area contributed by atoms with Gasteiger partial charge >= 0.3 is 0 Å². The van der Waals surface area contributed by atoms with Gasteiger partial charge in [0.2, 0.25) is 0 Å². The lowest BCUT2D eigenvalue weighted by atomic mass is 9.96. The van der Waals surface area contributed by atoms with Gasteiger partial charge in [0.1, 0.15) is 5.75 Å². The van der Waals surface area contributed by atoms with Gasteiger partial charge in [0.25, 0.3) is 0 Å². The maximum Gasteiger partial charge on any atom is 0.193 e. The smallest absolute Gasteiger partial charge is 0.193 e. The average molecular weight is 269 g/mol. The van der Waals surface area contributed by atoms with Crippen LogP contribution in [-0.4, -0.2) is 26.5 Å². The van der Waals surface area contributed by atoms with Crippen LogP contribution in [-0.2, 0) is 6.42 Å². The SMILES string of the molecule is CNCCc1ccccc1C(=O)c1cccc(OC)c1. The zero-order valence-corrected chi connectivity index (χ0v) is 11.8. The van der Waals surface area contributed by atoms with Crippen molar-refractivity contribution in [3.8, 4) is 5.75 Å². The number of ether oxygens (including phenoxy) is 1. The van der Waals surface area contributed by atoms with Crippen molar-refractivity contribution < 1.29 is 9.53 Å². The highest BCUT2D eigenvalue weighted by atomic mass is 16.5. The molecule has 0 saturated carbocycles. The van der Waals surface area contributed by atoms with Crippen LogP contribution in [0.3, 0.4) is 0 Å². The van der Waals surface area contributed by atoms with E-state index in [-0.39, 0.29) is 5.78 Å². The minimum Gasteiger partial charge on any atom is -0.497 e. The van der Waals surface area contributed by atoms with Gasteiger partial charge in [-0.2, -0.15) is 0 Å². The van der Waals surface area contributed by atoms with Crippen molar-refractivity contribution in [2.75, 3.05) is 20.7 Å². The minimum absolute atomic E-state index is 0.0376. The van der Waals surface area contributed by atoms with Crippen LogP contribution in [0.4, 0.5) is 0 Å². The standard InChI is InChI=1S/C17H19NO2/c1-18-11-10-13-6-3-4-9-16(13)17(19)14-7-5-8-15(12-14)20-2/h3-9,12,18H,10-11H2,1-2H3. The van der Waals surface area contributed by atoms with Crippen molar-refractivity contribution in [1.82, 2.24) is 5.32 Å². The molecule has 0 unspecified atom stereocenters. The summed E-state index contributed by atoms with van der Waals surface area (Å²) in [5.74, 6) is 0.735. The third kappa shape index (κ3) is 3.25. The topological polar surface area (TPSA) is 38.3 Å². The number of carbonyl (C=O) groups is 1. The molecule has 0 radical (unpaired) electrons. The zero-order valence-electron chi connectivity index (χ0n) is 11.8. The fourth-order valence-corrected chi connectivity index (χ4v) is 2.14. The van der Waals surface area contributed by atoms with Crippen molar-refractivity contribution >= 4 is 5.78 Å². The molecule has 104 valence electrons. The third-order valence-electron chi connectivity index (χ3n) is 3.24. The molecular formula is C17H19NO2. The first-order valence-electron chi connectivity index (χ1n) is 6.67. The maximum atomic E-state index is 12.6. The quantitative estimate of drug-likeness (QED) is 0.819. The molecule has 0 fully saturated rings. The van der Waals surface area contributed by atoms with Gasteiger partial charge in [0.05, 0.1) is 7.11 Å². The molecule has 0 heterocycles. The van der Waals surface area contributed by atoms with Crippen LogP contribution >= 0.6 is 0 Å². The molecule has 3 nitrogen and oxygen atoms in total. The molecule has 0 spiro atoms. The Kier molecular flexibility index (Phi) is 4.91. The van der Waals surface area contributed by atoms with Gasteiger partial charge in [-0.15, -0.1) is 0 Å². The molecule has 2 aromatic carbocycles. The van der Waals surface area contributed by atoms with E-state index in [9.17, 15) is 4.79 Å². The van der Waals surface area contributed by atoms with Crippen LogP contribution < -0.4 is 10.1 Å². The number of rotatable bonds is 6. The molecule has 3 heteroatoms. The Balaban J connectivity index is 2.32. The minimum atomic E-state index is 0.0376. The number of carbonyl (C=O) groups excluding carboxylic acids is 1. The second-order valence-corrected chi connectivity index (χ2v) is 4.57. The normalized spacial score (nSPS) is 10.3. The van der Waals surface area contributed by atoms with E-state index in [1.807, 2.05) is 49.5 Å². The molecule has 2 aromatic rings. The van der Waals surface area contributed by atoms with Gasteiger partial charge in [-0.25, -0.2) is 0 Å². The van der Waals surface area contributed by atoms with Crippen LogP contribution in [0.5, 0.6) is 5.75 Å². The number of nitrogens with one attached hydrogen (secondary N) is 1. The summed E-state index contributed by atoms with van der Waals surface area (Å²) in [5, 5.41) is 3.11. The molecule has 20 heavy (non-hydrogen) atoms. The summed E-state index contributed by atoms with van der Waals surface area (Å²) in [6, 6.07) is 15.0. The largest absolute Gasteiger partial charge is 0.497 e. The lowest BCUT2D eigenvalue weighted by Crippen LogP contribution is -2.13. The van der Waals surface area contributed by atoms with Gasteiger partial charge in [0, 0.05) is 11.1 Å². The number of hydrogen-bond donors (Lipinski definition) is 1. The van der Waals surface area contributed by atoms with Gasteiger partial charge in [-0.1, -0.05) is 36.4 Å². The monoisotopic (exact) mass is 269 g/mol. The zero-order chi connectivity index (χ0) is 14.4. The predicted octanol–water partition coefficient (Wildman–Crippen LogP) is 2.69. The van der Waals surface area contributed by atoms with Crippen LogP contribution in [0.15, 0.2) is 48.5 Å². The first-order valence-corrected chi connectivity index (χ1v) is 6.67. The summed E-state index contributed by atoms with van der Waals surface area (Å²) in [4.78, 5) is 12.6. The second-order valence-electron chi connectivity index (χ2n) is 4.57. The fourth-order valence-electron chi connectivity index (χ4n) is 2.14. The Morgan fingerprint density at radius 2 is 1.95 bits per heavy atom. The summed E-state index contributed by atoms with van der Waals surface area (Å²) < 4.78 is 5.17. The Morgan fingerprint density at radius 1 is 1.15 bits per heavy atom.